The maximum Gasteiger partial charge on any atom is 0.159 e. The number of aryl methyl sites for hydroxylation is 1. The molecule has 0 bridgehead atoms. The summed E-state index contributed by atoms with van der Waals surface area (Å²) in [4.78, 5) is 11.5. The van der Waals surface area contributed by atoms with Crippen molar-refractivity contribution in [2.24, 2.45) is 0 Å². The quantitative estimate of drug-likeness (QED) is 0.468. The minimum absolute atomic E-state index is 0.349. The summed E-state index contributed by atoms with van der Waals surface area (Å²) in [5.74, 6) is 1.58. The summed E-state index contributed by atoms with van der Waals surface area (Å²) in [6, 6.07) is 15.4. The van der Waals surface area contributed by atoms with Crippen molar-refractivity contribution >= 4 is 9.73 Å². The Labute approximate surface area is 197 Å². The number of aromatic nitrogens is 2. The fraction of sp³-hybridized carbons (Fsp3) is 0.385. The molecule has 4 rings (SSSR count). The van der Waals surface area contributed by atoms with Gasteiger partial charge in [-0.15, -0.1) is 0 Å². The number of likely N-dealkylation sites (tertiary alicyclic amines) is 1. The molecule has 0 spiro atoms. The molecule has 1 aliphatic heterocycles. The zero-order valence-electron chi connectivity index (χ0n) is 19.6. The van der Waals surface area contributed by atoms with E-state index in [9.17, 15) is 4.21 Å². The largest absolute Gasteiger partial charge is 0.493 e. The molecule has 7 heteroatoms. The Balaban J connectivity index is 1.46. The number of nitrogens with zero attached hydrogens (tertiary/aromatic N) is 3. The van der Waals surface area contributed by atoms with Crippen molar-refractivity contribution in [1.29, 1.82) is 4.78 Å². The van der Waals surface area contributed by atoms with E-state index >= 15 is 0 Å². The summed E-state index contributed by atoms with van der Waals surface area (Å²) in [5.41, 5.74) is 4.68. The zero-order chi connectivity index (χ0) is 23.4. The third-order valence-electron chi connectivity index (χ3n) is 6.10. The highest BCUT2D eigenvalue weighted by atomic mass is 32.2. The van der Waals surface area contributed by atoms with Crippen LogP contribution >= 0.6 is 0 Å². The lowest BCUT2D eigenvalue weighted by atomic mass is 10.0. The summed E-state index contributed by atoms with van der Waals surface area (Å²) < 4.78 is 25.4. The minimum atomic E-state index is -2.80. The molecule has 1 unspecified atom stereocenters. The summed E-state index contributed by atoms with van der Waals surface area (Å²) in [7, 11) is -2.80. The first-order valence-electron chi connectivity index (χ1n) is 11.5. The Morgan fingerprint density at radius 2 is 1.88 bits per heavy atom. The van der Waals surface area contributed by atoms with E-state index in [4.69, 9.17) is 9.52 Å². The molecular weight excluding hydrogens is 432 g/mol. The van der Waals surface area contributed by atoms with Crippen LogP contribution in [0.1, 0.15) is 48.9 Å². The Morgan fingerprint density at radius 3 is 2.55 bits per heavy atom. The van der Waals surface area contributed by atoms with Crippen molar-refractivity contribution < 1.29 is 8.95 Å². The van der Waals surface area contributed by atoms with Crippen molar-refractivity contribution in [2.75, 3.05) is 19.4 Å². The van der Waals surface area contributed by atoms with Crippen LogP contribution < -0.4 is 4.74 Å². The second kappa shape index (κ2) is 10.0. The predicted molar refractivity (Wildman–Crippen MR) is 132 cm³/mol. The van der Waals surface area contributed by atoms with Crippen molar-refractivity contribution in [2.45, 2.75) is 50.6 Å². The molecule has 2 atom stereocenters. The third kappa shape index (κ3) is 5.60. The van der Waals surface area contributed by atoms with Gasteiger partial charge in [-0.1, -0.05) is 43.3 Å². The number of rotatable bonds is 8. The lowest BCUT2D eigenvalue weighted by molar-refractivity contribution is 0.247. The SMILES string of the molecule is CCCOc1cc([C@@H]2CCCN2Cc2ccc(-c3ncc(S(C)(=N)=O)cn3)cc2)ccc1C. The number of hydrogen-bond donors (Lipinski definition) is 1. The number of hydrogen-bond acceptors (Lipinski definition) is 6. The predicted octanol–water partition coefficient (Wildman–Crippen LogP) is 5.61. The fourth-order valence-corrected chi connectivity index (χ4v) is 4.75. The van der Waals surface area contributed by atoms with Gasteiger partial charge in [-0.25, -0.2) is 19.0 Å². The molecule has 2 aromatic carbocycles. The van der Waals surface area contributed by atoms with Gasteiger partial charge < -0.3 is 4.74 Å². The normalized spacial score (nSPS) is 18.2. The molecule has 0 radical (unpaired) electrons. The minimum Gasteiger partial charge on any atom is -0.493 e. The molecule has 33 heavy (non-hydrogen) atoms. The summed E-state index contributed by atoms with van der Waals surface area (Å²) in [6.07, 6.45) is 7.71. The van der Waals surface area contributed by atoms with Crippen LogP contribution in [0.25, 0.3) is 11.4 Å². The number of nitrogens with one attached hydrogen (secondary N) is 1. The van der Waals surface area contributed by atoms with E-state index in [1.54, 1.807) is 0 Å². The van der Waals surface area contributed by atoms with E-state index in [1.165, 1.54) is 41.8 Å². The van der Waals surface area contributed by atoms with Crippen molar-refractivity contribution in [3.8, 4) is 17.1 Å². The van der Waals surface area contributed by atoms with Crippen LogP contribution in [-0.2, 0) is 16.3 Å². The molecule has 1 N–H and O–H groups in total. The van der Waals surface area contributed by atoms with Crippen LogP contribution in [0.2, 0.25) is 0 Å². The van der Waals surface area contributed by atoms with E-state index in [2.05, 4.69) is 59.0 Å². The monoisotopic (exact) mass is 464 g/mol. The van der Waals surface area contributed by atoms with E-state index in [-0.39, 0.29) is 0 Å². The highest BCUT2D eigenvalue weighted by molar-refractivity contribution is 7.91. The van der Waals surface area contributed by atoms with E-state index in [0.717, 1.165) is 43.9 Å². The van der Waals surface area contributed by atoms with Crippen LogP contribution in [0.4, 0.5) is 0 Å². The molecule has 2 heterocycles. The zero-order valence-corrected chi connectivity index (χ0v) is 20.4. The van der Waals surface area contributed by atoms with Crippen LogP contribution in [0.3, 0.4) is 0 Å². The van der Waals surface area contributed by atoms with Crippen molar-refractivity contribution in [1.82, 2.24) is 14.9 Å². The van der Waals surface area contributed by atoms with Gasteiger partial charge >= 0.3 is 0 Å². The topological polar surface area (TPSA) is 79.2 Å². The van der Waals surface area contributed by atoms with E-state index in [1.807, 2.05) is 12.1 Å². The second-order valence-electron chi connectivity index (χ2n) is 8.78. The molecule has 1 aliphatic rings. The Kier molecular flexibility index (Phi) is 7.10. The summed E-state index contributed by atoms with van der Waals surface area (Å²) in [6.45, 7) is 6.95. The van der Waals surface area contributed by atoms with Gasteiger partial charge in [0.15, 0.2) is 5.82 Å². The average Bonchev–Trinajstić information content (AvgIpc) is 3.27. The Hall–Kier alpha value is -2.77. The third-order valence-corrected chi connectivity index (χ3v) is 7.21. The molecule has 0 amide bonds. The first-order valence-corrected chi connectivity index (χ1v) is 13.4. The standard InChI is InChI=1S/C26H32N4O2S/c1-4-14-32-25-15-22(10-7-19(25)2)24-6-5-13-30(24)18-20-8-11-21(12-9-20)26-28-16-23(17-29-26)33(3,27)31/h7-12,15-17,24,27H,4-6,13-14,18H2,1-3H3/t24-,33?/m0/s1. The van der Waals surface area contributed by atoms with Gasteiger partial charge in [0, 0.05) is 36.8 Å². The van der Waals surface area contributed by atoms with Gasteiger partial charge in [0.25, 0.3) is 0 Å². The lowest BCUT2D eigenvalue weighted by Crippen LogP contribution is -2.22. The molecule has 174 valence electrons. The first-order chi connectivity index (χ1) is 15.8. The number of ether oxygens (including phenoxy) is 1. The molecule has 1 fully saturated rings. The first kappa shape index (κ1) is 23.4. The van der Waals surface area contributed by atoms with Gasteiger partial charge in [-0.2, -0.15) is 0 Å². The van der Waals surface area contributed by atoms with Gasteiger partial charge in [-0.05, 0) is 55.5 Å². The van der Waals surface area contributed by atoms with Crippen LogP contribution in [0, 0.1) is 11.7 Å². The maximum atomic E-state index is 11.8. The fourth-order valence-electron chi connectivity index (χ4n) is 4.24. The van der Waals surface area contributed by atoms with E-state index in [0.29, 0.717) is 16.8 Å². The lowest BCUT2D eigenvalue weighted by Gasteiger charge is -2.25. The van der Waals surface area contributed by atoms with Gasteiger partial charge in [0.2, 0.25) is 0 Å². The Bertz CT molecular complexity index is 1190. The average molecular weight is 465 g/mol. The van der Waals surface area contributed by atoms with E-state index < -0.39 is 9.73 Å². The van der Waals surface area contributed by atoms with Gasteiger partial charge in [-0.3, -0.25) is 4.90 Å². The van der Waals surface area contributed by atoms with Gasteiger partial charge in [0.05, 0.1) is 21.2 Å². The summed E-state index contributed by atoms with van der Waals surface area (Å²) in [5, 5.41) is 0. The van der Waals surface area contributed by atoms with Crippen LogP contribution in [0.5, 0.6) is 5.75 Å². The Morgan fingerprint density at radius 1 is 1.15 bits per heavy atom. The molecule has 1 saturated heterocycles. The molecule has 3 aromatic rings. The van der Waals surface area contributed by atoms with Crippen LogP contribution in [0.15, 0.2) is 59.8 Å². The van der Waals surface area contributed by atoms with Crippen LogP contribution in [-0.4, -0.2) is 38.5 Å². The second-order valence-corrected chi connectivity index (χ2v) is 10.9. The molecule has 6 nitrogen and oxygen atoms in total. The highest BCUT2D eigenvalue weighted by Gasteiger charge is 2.26. The molecule has 1 aromatic heterocycles. The molecular formula is C26H32N4O2S. The molecule has 0 aliphatic carbocycles. The summed E-state index contributed by atoms with van der Waals surface area (Å²) >= 11 is 0. The number of benzene rings is 2. The maximum absolute atomic E-state index is 11.8. The molecule has 0 saturated carbocycles. The van der Waals surface area contributed by atoms with Gasteiger partial charge in [0.1, 0.15) is 5.75 Å². The van der Waals surface area contributed by atoms with Crippen molar-refractivity contribution in [3.63, 3.8) is 0 Å². The smallest absolute Gasteiger partial charge is 0.159 e. The van der Waals surface area contributed by atoms with Crippen molar-refractivity contribution in [3.05, 3.63) is 71.5 Å². The highest BCUT2D eigenvalue weighted by Crippen LogP contribution is 2.35.